The van der Waals surface area contributed by atoms with Gasteiger partial charge in [0.25, 0.3) is 0 Å². The van der Waals surface area contributed by atoms with Crippen molar-refractivity contribution in [1.29, 1.82) is 0 Å². The van der Waals surface area contributed by atoms with Crippen LogP contribution in [-0.2, 0) is 19.1 Å². The number of likely N-dealkylation sites (N-methyl/N-ethyl adjacent to an activating group) is 1. The molecule has 1 heterocycles. The summed E-state index contributed by atoms with van der Waals surface area (Å²) >= 11 is 0. The molecule has 17 heavy (non-hydrogen) atoms. The Hall–Kier alpha value is -1.14. The summed E-state index contributed by atoms with van der Waals surface area (Å²) in [6, 6.07) is 0. The third kappa shape index (κ3) is 4.70. The van der Waals surface area contributed by atoms with E-state index in [0.717, 1.165) is 6.54 Å². The highest BCUT2D eigenvalue weighted by Crippen LogP contribution is 2.06. The molecule has 1 unspecified atom stereocenters. The van der Waals surface area contributed by atoms with Crippen LogP contribution in [0.2, 0.25) is 0 Å². The second kappa shape index (κ2) is 7.24. The molecule has 0 radical (unpaired) electrons. The van der Waals surface area contributed by atoms with Gasteiger partial charge in [0, 0.05) is 26.7 Å². The Bertz CT molecular complexity index is 270. The van der Waals surface area contributed by atoms with Crippen LogP contribution in [0.25, 0.3) is 0 Å². The first-order valence-electron chi connectivity index (χ1n) is 5.88. The van der Waals surface area contributed by atoms with E-state index in [2.05, 4.69) is 5.32 Å². The van der Waals surface area contributed by atoms with Crippen LogP contribution in [0.15, 0.2) is 0 Å². The van der Waals surface area contributed by atoms with E-state index in [-0.39, 0.29) is 11.9 Å². The SMILES string of the molecule is CCOC(=O)CCN1CCOC(C(=O)NC)C1. The highest BCUT2D eigenvalue weighted by Gasteiger charge is 2.25. The monoisotopic (exact) mass is 244 g/mol. The van der Waals surface area contributed by atoms with E-state index >= 15 is 0 Å². The average Bonchev–Trinajstić information content (AvgIpc) is 2.36. The molecule has 6 nitrogen and oxygen atoms in total. The largest absolute Gasteiger partial charge is 0.466 e. The van der Waals surface area contributed by atoms with E-state index in [1.807, 2.05) is 4.90 Å². The van der Waals surface area contributed by atoms with Crippen molar-refractivity contribution in [3.63, 3.8) is 0 Å². The smallest absolute Gasteiger partial charge is 0.307 e. The molecule has 1 atom stereocenters. The van der Waals surface area contributed by atoms with E-state index in [4.69, 9.17) is 9.47 Å². The number of hydrogen-bond donors (Lipinski definition) is 1. The first-order valence-corrected chi connectivity index (χ1v) is 5.88. The number of nitrogens with zero attached hydrogens (tertiary/aromatic N) is 1. The fraction of sp³-hybridized carbons (Fsp3) is 0.818. The van der Waals surface area contributed by atoms with Crippen molar-refractivity contribution in [2.45, 2.75) is 19.4 Å². The Morgan fingerprint density at radius 2 is 2.29 bits per heavy atom. The zero-order valence-electron chi connectivity index (χ0n) is 10.4. The normalized spacial score (nSPS) is 20.9. The van der Waals surface area contributed by atoms with Crippen molar-refractivity contribution in [2.75, 3.05) is 39.9 Å². The number of rotatable bonds is 5. The molecule has 1 rings (SSSR count). The van der Waals surface area contributed by atoms with Gasteiger partial charge in [-0.15, -0.1) is 0 Å². The summed E-state index contributed by atoms with van der Waals surface area (Å²) < 4.78 is 10.2. The maximum Gasteiger partial charge on any atom is 0.307 e. The van der Waals surface area contributed by atoms with Crippen molar-refractivity contribution < 1.29 is 19.1 Å². The number of morpholine rings is 1. The number of carbonyl (C=O) groups excluding carboxylic acids is 2. The molecule has 1 aliphatic rings. The highest BCUT2D eigenvalue weighted by molar-refractivity contribution is 5.80. The predicted molar refractivity (Wildman–Crippen MR) is 61.5 cm³/mol. The van der Waals surface area contributed by atoms with Gasteiger partial charge in [0.2, 0.25) is 5.91 Å². The van der Waals surface area contributed by atoms with Crippen LogP contribution in [0, 0.1) is 0 Å². The lowest BCUT2D eigenvalue weighted by Gasteiger charge is -2.31. The minimum absolute atomic E-state index is 0.120. The van der Waals surface area contributed by atoms with Crippen LogP contribution in [0.5, 0.6) is 0 Å². The van der Waals surface area contributed by atoms with Crippen LogP contribution < -0.4 is 5.32 Å². The molecule has 0 aromatic heterocycles. The van der Waals surface area contributed by atoms with Gasteiger partial charge in [0.1, 0.15) is 6.10 Å². The second-order valence-electron chi connectivity index (χ2n) is 3.83. The molecule has 6 heteroatoms. The molecule has 0 spiro atoms. The minimum atomic E-state index is -0.434. The van der Waals surface area contributed by atoms with Crippen LogP contribution in [0.1, 0.15) is 13.3 Å². The Morgan fingerprint density at radius 3 is 2.94 bits per heavy atom. The average molecular weight is 244 g/mol. The number of nitrogens with one attached hydrogen (secondary N) is 1. The lowest BCUT2D eigenvalue weighted by atomic mass is 10.2. The first kappa shape index (κ1) is 13.9. The second-order valence-corrected chi connectivity index (χ2v) is 3.83. The molecule has 1 aliphatic heterocycles. The van der Waals surface area contributed by atoms with E-state index < -0.39 is 6.10 Å². The minimum Gasteiger partial charge on any atom is -0.466 e. The summed E-state index contributed by atoms with van der Waals surface area (Å²) in [7, 11) is 1.59. The standard InChI is InChI=1S/C11H20N2O4/c1-3-16-10(14)4-5-13-6-7-17-9(8-13)11(15)12-2/h9H,3-8H2,1-2H3,(H,12,15). The summed E-state index contributed by atoms with van der Waals surface area (Å²) in [6.45, 7) is 4.58. The molecule has 0 aromatic rings. The van der Waals surface area contributed by atoms with Gasteiger partial charge in [-0.1, -0.05) is 0 Å². The zero-order valence-corrected chi connectivity index (χ0v) is 10.4. The summed E-state index contributed by atoms with van der Waals surface area (Å²) in [5.74, 6) is -0.318. The lowest BCUT2D eigenvalue weighted by Crippen LogP contribution is -2.49. The number of esters is 1. The first-order chi connectivity index (χ1) is 8.17. The number of ether oxygens (including phenoxy) is 2. The van der Waals surface area contributed by atoms with Gasteiger partial charge < -0.3 is 14.8 Å². The van der Waals surface area contributed by atoms with Crippen molar-refractivity contribution in [3.8, 4) is 0 Å². The third-order valence-electron chi connectivity index (χ3n) is 2.63. The molecular weight excluding hydrogens is 224 g/mol. The number of amides is 1. The van der Waals surface area contributed by atoms with Crippen molar-refractivity contribution in [2.24, 2.45) is 0 Å². The number of hydrogen-bond acceptors (Lipinski definition) is 5. The van der Waals surface area contributed by atoms with Gasteiger partial charge in [0.05, 0.1) is 19.6 Å². The number of carbonyl (C=O) groups is 2. The van der Waals surface area contributed by atoms with Crippen LogP contribution >= 0.6 is 0 Å². The molecule has 0 bridgehead atoms. The van der Waals surface area contributed by atoms with E-state index in [1.165, 1.54) is 0 Å². The molecule has 1 saturated heterocycles. The van der Waals surface area contributed by atoms with Crippen molar-refractivity contribution >= 4 is 11.9 Å². The molecule has 98 valence electrons. The van der Waals surface area contributed by atoms with Crippen molar-refractivity contribution in [3.05, 3.63) is 0 Å². The van der Waals surface area contributed by atoms with E-state index in [0.29, 0.717) is 32.7 Å². The van der Waals surface area contributed by atoms with Gasteiger partial charge >= 0.3 is 5.97 Å². The summed E-state index contributed by atoms with van der Waals surface area (Å²) in [5, 5.41) is 2.56. The van der Waals surface area contributed by atoms with Gasteiger partial charge in [-0.25, -0.2) is 0 Å². The quantitative estimate of drug-likeness (QED) is 0.653. The van der Waals surface area contributed by atoms with Gasteiger partial charge in [0.15, 0.2) is 0 Å². The molecule has 0 saturated carbocycles. The van der Waals surface area contributed by atoms with Crippen molar-refractivity contribution in [1.82, 2.24) is 10.2 Å². The van der Waals surface area contributed by atoms with E-state index in [9.17, 15) is 9.59 Å². The van der Waals surface area contributed by atoms with E-state index in [1.54, 1.807) is 14.0 Å². The Labute approximate surface area is 101 Å². The Balaban J connectivity index is 2.29. The molecule has 1 fully saturated rings. The zero-order chi connectivity index (χ0) is 12.7. The third-order valence-corrected chi connectivity index (χ3v) is 2.63. The molecule has 0 aromatic carbocycles. The van der Waals surface area contributed by atoms with Gasteiger partial charge in [-0.05, 0) is 6.92 Å². The summed E-state index contributed by atoms with van der Waals surface area (Å²) in [6.07, 6.45) is -0.0788. The molecule has 0 aliphatic carbocycles. The fourth-order valence-corrected chi connectivity index (χ4v) is 1.71. The molecular formula is C11H20N2O4. The fourth-order valence-electron chi connectivity index (χ4n) is 1.71. The van der Waals surface area contributed by atoms with Gasteiger partial charge in [-0.3, -0.25) is 14.5 Å². The summed E-state index contributed by atoms with van der Waals surface area (Å²) in [4.78, 5) is 24.6. The Kier molecular flexibility index (Phi) is 5.93. The maximum atomic E-state index is 11.4. The highest BCUT2D eigenvalue weighted by atomic mass is 16.5. The summed E-state index contributed by atoms with van der Waals surface area (Å²) in [5.41, 5.74) is 0. The molecule has 1 N–H and O–H groups in total. The predicted octanol–water partition coefficient (Wildman–Crippen LogP) is -0.614. The van der Waals surface area contributed by atoms with Crippen LogP contribution in [-0.4, -0.2) is 62.8 Å². The van der Waals surface area contributed by atoms with Crippen LogP contribution in [0.3, 0.4) is 0 Å². The lowest BCUT2D eigenvalue weighted by molar-refractivity contribution is -0.144. The maximum absolute atomic E-state index is 11.4. The van der Waals surface area contributed by atoms with Crippen LogP contribution in [0.4, 0.5) is 0 Å². The topological polar surface area (TPSA) is 67.9 Å². The molecule has 1 amide bonds. The van der Waals surface area contributed by atoms with Gasteiger partial charge in [-0.2, -0.15) is 0 Å². The Morgan fingerprint density at radius 1 is 1.53 bits per heavy atom.